The maximum atomic E-state index is 13.4. The fourth-order valence-corrected chi connectivity index (χ4v) is 2.29. The van der Waals surface area contributed by atoms with Crippen molar-refractivity contribution >= 4 is 5.52 Å². The lowest BCUT2D eigenvalue weighted by Crippen LogP contribution is -2.28. The standard InChI is InChI=1S/C14H14FN5/c1-9-6-10(2-3-12(9)15)14(19-16)11-7-18-20-5-4-17-8-13(11)20/h2-8,14,19H,16H2,1H3. The molecule has 0 aliphatic heterocycles. The molecule has 0 amide bonds. The first-order valence-corrected chi connectivity index (χ1v) is 6.20. The lowest BCUT2D eigenvalue weighted by molar-refractivity contribution is 0.608. The number of benzene rings is 1. The first kappa shape index (κ1) is 12.7. The van der Waals surface area contributed by atoms with Crippen LogP contribution in [-0.4, -0.2) is 14.6 Å². The minimum Gasteiger partial charge on any atom is -0.271 e. The summed E-state index contributed by atoms with van der Waals surface area (Å²) < 4.78 is 15.1. The van der Waals surface area contributed by atoms with Crippen molar-refractivity contribution in [3.05, 3.63) is 65.5 Å². The van der Waals surface area contributed by atoms with Gasteiger partial charge < -0.3 is 0 Å². The number of aromatic nitrogens is 3. The molecule has 0 bridgehead atoms. The monoisotopic (exact) mass is 271 g/mol. The van der Waals surface area contributed by atoms with Gasteiger partial charge in [0.15, 0.2) is 0 Å². The van der Waals surface area contributed by atoms with E-state index in [1.165, 1.54) is 6.07 Å². The van der Waals surface area contributed by atoms with Crippen molar-refractivity contribution < 1.29 is 4.39 Å². The van der Waals surface area contributed by atoms with Crippen LogP contribution in [0.3, 0.4) is 0 Å². The Morgan fingerprint density at radius 2 is 2.20 bits per heavy atom. The fraction of sp³-hybridized carbons (Fsp3) is 0.143. The molecule has 5 nitrogen and oxygen atoms in total. The summed E-state index contributed by atoms with van der Waals surface area (Å²) in [6.45, 7) is 1.73. The van der Waals surface area contributed by atoms with Crippen LogP contribution in [0.4, 0.5) is 4.39 Å². The van der Waals surface area contributed by atoms with Crippen LogP contribution in [-0.2, 0) is 0 Å². The van der Waals surface area contributed by atoms with Crippen LogP contribution in [0, 0.1) is 12.7 Å². The van der Waals surface area contributed by atoms with E-state index in [0.717, 1.165) is 16.6 Å². The first-order chi connectivity index (χ1) is 9.70. The molecule has 2 aromatic heterocycles. The van der Waals surface area contributed by atoms with E-state index >= 15 is 0 Å². The highest BCUT2D eigenvalue weighted by atomic mass is 19.1. The fourth-order valence-electron chi connectivity index (χ4n) is 2.29. The number of halogens is 1. The quantitative estimate of drug-likeness (QED) is 0.562. The molecule has 3 aromatic rings. The highest BCUT2D eigenvalue weighted by Gasteiger charge is 2.18. The average molecular weight is 271 g/mol. The van der Waals surface area contributed by atoms with Crippen molar-refractivity contribution in [1.82, 2.24) is 20.0 Å². The molecule has 0 fully saturated rings. The van der Waals surface area contributed by atoms with Gasteiger partial charge in [0, 0.05) is 18.0 Å². The van der Waals surface area contributed by atoms with Crippen LogP contribution in [0.15, 0.2) is 43.0 Å². The Bertz CT molecular complexity index is 752. The lowest BCUT2D eigenvalue weighted by Gasteiger charge is -2.16. The second-order valence-electron chi connectivity index (χ2n) is 4.61. The van der Waals surface area contributed by atoms with Crippen LogP contribution in [0.25, 0.3) is 5.52 Å². The summed E-state index contributed by atoms with van der Waals surface area (Å²) in [6.07, 6.45) is 6.89. The molecule has 1 unspecified atom stereocenters. The maximum Gasteiger partial charge on any atom is 0.126 e. The Kier molecular flexibility index (Phi) is 3.17. The molecule has 3 N–H and O–H groups in total. The highest BCUT2D eigenvalue weighted by molar-refractivity contribution is 5.55. The molecule has 20 heavy (non-hydrogen) atoms. The zero-order valence-electron chi connectivity index (χ0n) is 10.9. The molecule has 0 spiro atoms. The molecule has 0 saturated carbocycles. The first-order valence-electron chi connectivity index (χ1n) is 6.20. The van der Waals surface area contributed by atoms with Gasteiger partial charge in [0.1, 0.15) is 5.82 Å². The van der Waals surface area contributed by atoms with Crippen LogP contribution < -0.4 is 11.3 Å². The summed E-state index contributed by atoms with van der Waals surface area (Å²) >= 11 is 0. The summed E-state index contributed by atoms with van der Waals surface area (Å²) in [5.74, 6) is 5.44. The van der Waals surface area contributed by atoms with Gasteiger partial charge in [0.25, 0.3) is 0 Å². The number of nitrogens with two attached hydrogens (primary N) is 1. The molecule has 0 saturated heterocycles. The predicted octanol–water partition coefficient (Wildman–Crippen LogP) is 1.73. The molecule has 0 aliphatic carbocycles. The third-order valence-corrected chi connectivity index (χ3v) is 3.35. The van der Waals surface area contributed by atoms with E-state index in [4.69, 9.17) is 5.84 Å². The average Bonchev–Trinajstić information content (AvgIpc) is 2.88. The van der Waals surface area contributed by atoms with Crippen molar-refractivity contribution in [3.63, 3.8) is 0 Å². The van der Waals surface area contributed by atoms with Crippen molar-refractivity contribution in [2.24, 2.45) is 5.84 Å². The predicted molar refractivity (Wildman–Crippen MR) is 73.3 cm³/mol. The molecule has 0 radical (unpaired) electrons. The van der Waals surface area contributed by atoms with E-state index < -0.39 is 0 Å². The van der Waals surface area contributed by atoms with Gasteiger partial charge in [-0.2, -0.15) is 5.10 Å². The SMILES string of the molecule is Cc1cc(C(NN)c2cnn3ccncc23)ccc1F. The topological polar surface area (TPSA) is 68.2 Å². The number of hydrazine groups is 1. The number of aryl methyl sites for hydroxylation is 1. The summed E-state index contributed by atoms with van der Waals surface area (Å²) in [5, 5.41) is 4.26. The second-order valence-corrected chi connectivity index (χ2v) is 4.61. The van der Waals surface area contributed by atoms with Crippen molar-refractivity contribution in [2.45, 2.75) is 13.0 Å². The Labute approximate surface area is 115 Å². The Morgan fingerprint density at radius 3 is 2.95 bits per heavy atom. The summed E-state index contributed by atoms with van der Waals surface area (Å²) in [4.78, 5) is 4.10. The number of rotatable bonds is 3. The minimum absolute atomic E-state index is 0.231. The number of fused-ring (bicyclic) bond motifs is 1. The van der Waals surface area contributed by atoms with Gasteiger partial charge in [-0.3, -0.25) is 10.8 Å². The van der Waals surface area contributed by atoms with Gasteiger partial charge in [-0.1, -0.05) is 12.1 Å². The largest absolute Gasteiger partial charge is 0.271 e. The van der Waals surface area contributed by atoms with E-state index in [0.29, 0.717) is 5.56 Å². The summed E-state index contributed by atoms with van der Waals surface area (Å²) in [7, 11) is 0. The Balaban J connectivity index is 2.11. The highest BCUT2D eigenvalue weighted by Crippen LogP contribution is 2.25. The van der Waals surface area contributed by atoms with Gasteiger partial charge in [0.05, 0.1) is 24.0 Å². The number of hydrogen-bond donors (Lipinski definition) is 2. The Morgan fingerprint density at radius 1 is 1.35 bits per heavy atom. The molecule has 1 aromatic carbocycles. The van der Waals surface area contributed by atoms with Crippen LogP contribution in [0.1, 0.15) is 22.7 Å². The number of nitrogens with zero attached hydrogens (tertiary/aromatic N) is 3. The van der Waals surface area contributed by atoms with Gasteiger partial charge in [0.2, 0.25) is 0 Å². The van der Waals surface area contributed by atoms with Gasteiger partial charge in [-0.05, 0) is 24.1 Å². The zero-order chi connectivity index (χ0) is 14.1. The van der Waals surface area contributed by atoms with Crippen molar-refractivity contribution in [3.8, 4) is 0 Å². The van der Waals surface area contributed by atoms with Crippen LogP contribution in [0.2, 0.25) is 0 Å². The normalized spacial score (nSPS) is 12.8. The summed E-state index contributed by atoms with van der Waals surface area (Å²) in [6, 6.07) is 4.67. The third-order valence-electron chi connectivity index (χ3n) is 3.35. The molecule has 3 rings (SSSR count). The minimum atomic E-state index is -0.268. The summed E-state index contributed by atoms with van der Waals surface area (Å²) in [5.41, 5.74) is 5.97. The van der Waals surface area contributed by atoms with E-state index in [1.54, 1.807) is 48.4 Å². The van der Waals surface area contributed by atoms with Crippen LogP contribution in [0.5, 0.6) is 0 Å². The molecule has 2 heterocycles. The lowest BCUT2D eigenvalue weighted by atomic mass is 9.99. The Hall–Kier alpha value is -2.31. The van der Waals surface area contributed by atoms with Crippen LogP contribution >= 0.6 is 0 Å². The van der Waals surface area contributed by atoms with E-state index in [-0.39, 0.29) is 11.9 Å². The van der Waals surface area contributed by atoms with Crippen molar-refractivity contribution in [1.29, 1.82) is 0 Å². The smallest absolute Gasteiger partial charge is 0.126 e. The van der Waals surface area contributed by atoms with E-state index in [9.17, 15) is 4.39 Å². The molecule has 1 atom stereocenters. The molecule has 102 valence electrons. The molecular weight excluding hydrogens is 257 g/mol. The number of nitrogens with one attached hydrogen (secondary N) is 1. The third kappa shape index (κ3) is 2.04. The van der Waals surface area contributed by atoms with E-state index in [2.05, 4.69) is 15.5 Å². The van der Waals surface area contributed by atoms with Gasteiger partial charge in [-0.15, -0.1) is 0 Å². The number of hydrogen-bond acceptors (Lipinski definition) is 4. The molecular formula is C14H14FN5. The van der Waals surface area contributed by atoms with E-state index in [1.807, 2.05) is 0 Å². The van der Waals surface area contributed by atoms with Gasteiger partial charge >= 0.3 is 0 Å². The van der Waals surface area contributed by atoms with Gasteiger partial charge in [-0.25, -0.2) is 14.3 Å². The maximum absolute atomic E-state index is 13.4. The molecule has 0 aliphatic rings. The zero-order valence-corrected chi connectivity index (χ0v) is 10.9. The second kappa shape index (κ2) is 4.99. The van der Waals surface area contributed by atoms with Crippen molar-refractivity contribution in [2.75, 3.05) is 0 Å². The molecule has 6 heteroatoms.